The number of aromatic nitrogens is 1. The molecular weight excluding hydrogens is 268 g/mol. The van der Waals surface area contributed by atoms with Crippen LogP contribution in [0.2, 0.25) is 0 Å². The van der Waals surface area contributed by atoms with Crippen LogP contribution in [0.15, 0.2) is 29.6 Å². The molecule has 1 unspecified atom stereocenters. The van der Waals surface area contributed by atoms with Crippen LogP contribution in [0, 0.1) is 6.92 Å². The van der Waals surface area contributed by atoms with Crippen LogP contribution >= 0.6 is 11.3 Å². The van der Waals surface area contributed by atoms with E-state index in [0.29, 0.717) is 0 Å². The van der Waals surface area contributed by atoms with Gasteiger partial charge < -0.3 is 10.1 Å². The summed E-state index contributed by atoms with van der Waals surface area (Å²) in [6, 6.07) is 8.56. The molecule has 0 fully saturated rings. The Morgan fingerprint density at radius 2 is 2.25 bits per heavy atom. The Morgan fingerprint density at radius 1 is 1.40 bits per heavy atom. The Morgan fingerprint density at radius 3 is 2.90 bits per heavy atom. The maximum atomic E-state index is 5.32. The molecule has 0 radical (unpaired) electrons. The van der Waals surface area contributed by atoms with Gasteiger partial charge in [0.2, 0.25) is 0 Å². The van der Waals surface area contributed by atoms with E-state index in [2.05, 4.69) is 34.7 Å². The molecule has 2 aromatic rings. The standard InChI is InChI=1S/C16H22N2OS/c1-4-8-17-16(10-14-11-20-12(2)18-14)13-6-5-7-15(9-13)19-3/h5-7,9,11,16-17H,4,8,10H2,1-3H3. The van der Waals surface area contributed by atoms with E-state index in [4.69, 9.17) is 4.74 Å². The number of nitrogens with one attached hydrogen (secondary N) is 1. The number of thiazole rings is 1. The molecule has 1 aromatic heterocycles. The molecule has 20 heavy (non-hydrogen) atoms. The molecule has 0 bridgehead atoms. The first kappa shape index (κ1) is 15.0. The summed E-state index contributed by atoms with van der Waals surface area (Å²) in [6.45, 7) is 5.24. The van der Waals surface area contributed by atoms with Gasteiger partial charge >= 0.3 is 0 Å². The maximum absolute atomic E-state index is 5.32. The van der Waals surface area contributed by atoms with Crippen LogP contribution in [0.25, 0.3) is 0 Å². The number of hydrogen-bond donors (Lipinski definition) is 1. The van der Waals surface area contributed by atoms with E-state index in [1.807, 2.05) is 19.1 Å². The molecule has 0 aliphatic carbocycles. The largest absolute Gasteiger partial charge is 0.497 e. The van der Waals surface area contributed by atoms with Crippen LogP contribution in [0.3, 0.4) is 0 Å². The van der Waals surface area contributed by atoms with E-state index in [0.717, 1.165) is 35.8 Å². The Balaban J connectivity index is 2.17. The third-order valence-electron chi connectivity index (χ3n) is 3.22. The lowest BCUT2D eigenvalue weighted by Gasteiger charge is -2.18. The van der Waals surface area contributed by atoms with Gasteiger partial charge in [-0.2, -0.15) is 0 Å². The van der Waals surface area contributed by atoms with Crippen LogP contribution in [0.5, 0.6) is 5.75 Å². The van der Waals surface area contributed by atoms with Gasteiger partial charge in [-0.3, -0.25) is 0 Å². The van der Waals surface area contributed by atoms with E-state index >= 15 is 0 Å². The number of methoxy groups -OCH3 is 1. The summed E-state index contributed by atoms with van der Waals surface area (Å²) in [4.78, 5) is 4.57. The zero-order valence-corrected chi connectivity index (χ0v) is 13.2. The highest BCUT2D eigenvalue weighted by Crippen LogP contribution is 2.23. The van der Waals surface area contributed by atoms with Gasteiger partial charge in [0.1, 0.15) is 5.75 Å². The third kappa shape index (κ3) is 4.05. The van der Waals surface area contributed by atoms with Crippen molar-refractivity contribution in [2.24, 2.45) is 0 Å². The predicted molar refractivity (Wildman–Crippen MR) is 84.6 cm³/mol. The SMILES string of the molecule is CCCNC(Cc1csc(C)n1)c1cccc(OC)c1. The molecule has 0 aliphatic rings. The fourth-order valence-corrected chi connectivity index (χ4v) is 2.82. The Bertz CT molecular complexity index is 539. The van der Waals surface area contributed by atoms with Crippen molar-refractivity contribution in [2.75, 3.05) is 13.7 Å². The van der Waals surface area contributed by atoms with Crippen molar-refractivity contribution in [1.82, 2.24) is 10.3 Å². The van der Waals surface area contributed by atoms with Gasteiger partial charge in [-0.05, 0) is 37.6 Å². The first-order valence-corrected chi connectivity index (χ1v) is 7.89. The Labute approximate surface area is 125 Å². The number of aryl methyl sites for hydroxylation is 1. The van der Waals surface area contributed by atoms with Gasteiger partial charge in [0.15, 0.2) is 0 Å². The molecule has 108 valence electrons. The quantitative estimate of drug-likeness (QED) is 0.843. The number of ether oxygens (including phenoxy) is 1. The minimum absolute atomic E-state index is 0.284. The summed E-state index contributed by atoms with van der Waals surface area (Å²) in [7, 11) is 1.71. The maximum Gasteiger partial charge on any atom is 0.119 e. The zero-order valence-electron chi connectivity index (χ0n) is 12.3. The normalized spacial score (nSPS) is 12.3. The average molecular weight is 290 g/mol. The van der Waals surface area contributed by atoms with Crippen molar-refractivity contribution in [1.29, 1.82) is 0 Å². The molecule has 3 nitrogen and oxygen atoms in total. The lowest BCUT2D eigenvalue weighted by molar-refractivity contribution is 0.412. The summed E-state index contributed by atoms with van der Waals surface area (Å²) >= 11 is 1.71. The van der Waals surface area contributed by atoms with E-state index in [1.54, 1.807) is 18.4 Å². The van der Waals surface area contributed by atoms with Crippen molar-refractivity contribution in [2.45, 2.75) is 32.7 Å². The second-order valence-corrected chi connectivity index (χ2v) is 5.91. The molecule has 4 heteroatoms. The van der Waals surface area contributed by atoms with Gasteiger partial charge in [-0.15, -0.1) is 11.3 Å². The second kappa shape index (κ2) is 7.41. The Hall–Kier alpha value is -1.39. The second-order valence-electron chi connectivity index (χ2n) is 4.85. The number of nitrogens with zero attached hydrogens (tertiary/aromatic N) is 1. The fraction of sp³-hybridized carbons (Fsp3) is 0.438. The lowest BCUT2D eigenvalue weighted by atomic mass is 10.0. The van der Waals surface area contributed by atoms with Crippen LogP contribution in [0.4, 0.5) is 0 Å². The molecule has 0 saturated heterocycles. The lowest BCUT2D eigenvalue weighted by Crippen LogP contribution is -2.24. The van der Waals surface area contributed by atoms with Crippen molar-refractivity contribution < 1.29 is 4.74 Å². The minimum Gasteiger partial charge on any atom is -0.497 e. The van der Waals surface area contributed by atoms with Crippen molar-refractivity contribution >= 4 is 11.3 Å². The topological polar surface area (TPSA) is 34.2 Å². The first-order valence-electron chi connectivity index (χ1n) is 7.01. The molecular formula is C16H22N2OS. The van der Waals surface area contributed by atoms with Crippen LogP contribution < -0.4 is 10.1 Å². The smallest absolute Gasteiger partial charge is 0.119 e. The van der Waals surface area contributed by atoms with Gasteiger partial charge in [-0.1, -0.05) is 19.1 Å². The first-order chi connectivity index (χ1) is 9.72. The molecule has 1 aromatic carbocycles. The molecule has 0 saturated carbocycles. The average Bonchev–Trinajstić information content (AvgIpc) is 2.88. The van der Waals surface area contributed by atoms with E-state index in [-0.39, 0.29) is 6.04 Å². The van der Waals surface area contributed by atoms with E-state index < -0.39 is 0 Å². The summed E-state index contributed by atoms with van der Waals surface area (Å²) in [6.07, 6.45) is 2.04. The number of benzene rings is 1. The van der Waals surface area contributed by atoms with Gasteiger partial charge in [0.05, 0.1) is 17.8 Å². The molecule has 0 aliphatic heterocycles. The summed E-state index contributed by atoms with van der Waals surface area (Å²) < 4.78 is 5.32. The molecule has 0 amide bonds. The van der Waals surface area contributed by atoms with Crippen molar-refractivity contribution in [3.8, 4) is 5.75 Å². The van der Waals surface area contributed by atoms with Crippen LogP contribution in [-0.4, -0.2) is 18.6 Å². The molecule has 1 atom stereocenters. The van der Waals surface area contributed by atoms with E-state index in [1.165, 1.54) is 5.56 Å². The van der Waals surface area contributed by atoms with Crippen molar-refractivity contribution in [3.63, 3.8) is 0 Å². The third-order valence-corrected chi connectivity index (χ3v) is 4.04. The van der Waals surface area contributed by atoms with Gasteiger partial charge in [-0.25, -0.2) is 4.98 Å². The molecule has 2 rings (SSSR count). The highest BCUT2D eigenvalue weighted by atomic mass is 32.1. The van der Waals surface area contributed by atoms with Gasteiger partial charge in [0, 0.05) is 17.8 Å². The van der Waals surface area contributed by atoms with E-state index in [9.17, 15) is 0 Å². The van der Waals surface area contributed by atoms with Gasteiger partial charge in [0.25, 0.3) is 0 Å². The zero-order chi connectivity index (χ0) is 14.4. The summed E-state index contributed by atoms with van der Waals surface area (Å²) in [5.74, 6) is 0.903. The number of hydrogen-bond acceptors (Lipinski definition) is 4. The summed E-state index contributed by atoms with van der Waals surface area (Å²) in [5, 5.41) is 6.88. The van der Waals surface area contributed by atoms with Crippen LogP contribution in [-0.2, 0) is 6.42 Å². The molecule has 1 heterocycles. The Kier molecular flexibility index (Phi) is 5.56. The van der Waals surface area contributed by atoms with Crippen LogP contribution in [0.1, 0.15) is 35.7 Å². The minimum atomic E-state index is 0.284. The summed E-state index contributed by atoms with van der Waals surface area (Å²) in [5.41, 5.74) is 2.41. The highest BCUT2D eigenvalue weighted by Gasteiger charge is 2.14. The highest BCUT2D eigenvalue weighted by molar-refractivity contribution is 7.09. The number of rotatable bonds is 7. The van der Waals surface area contributed by atoms with Crippen molar-refractivity contribution in [3.05, 3.63) is 45.9 Å². The predicted octanol–water partition coefficient (Wildman–Crippen LogP) is 3.74. The fourth-order valence-electron chi connectivity index (χ4n) is 2.20. The monoisotopic (exact) mass is 290 g/mol. The molecule has 0 spiro atoms. The molecule has 1 N–H and O–H groups in total.